The van der Waals surface area contributed by atoms with Crippen LogP contribution < -0.4 is 0 Å². The van der Waals surface area contributed by atoms with Crippen LogP contribution in [-0.4, -0.2) is 10.7 Å². The van der Waals surface area contributed by atoms with Gasteiger partial charge in [0.05, 0.1) is 0 Å². The largest absolute Gasteiger partial charge is 0.182 e. The second-order valence-electron chi connectivity index (χ2n) is 2.87. The molecule has 0 aliphatic carbocycles. The molecule has 0 saturated carbocycles. The fraction of sp³-hybridized carbons (Fsp3) is 1.00. The van der Waals surface area contributed by atoms with Gasteiger partial charge in [-0.25, -0.2) is 0 Å². The van der Waals surface area contributed by atoms with Gasteiger partial charge in [-0.15, -0.1) is 11.8 Å². The van der Waals surface area contributed by atoms with Gasteiger partial charge in [-0.2, -0.15) is 10.2 Å². The van der Waals surface area contributed by atoms with Crippen molar-refractivity contribution in [1.29, 1.82) is 0 Å². The molecule has 0 radical (unpaired) electrons. The van der Waals surface area contributed by atoms with E-state index in [4.69, 9.17) is 0 Å². The number of thioether (sulfide) groups is 1. The highest BCUT2D eigenvalue weighted by molar-refractivity contribution is 8.00. The molecule has 0 amide bonds. The van der Waals surface area contributed by atoms with Crippen molar-refractivity contribution in [2.75, 3.05) is 5.88 Å². The van der Waals surface area contributed by atoms with Crippen LogP contribution in [0.2, 0.25) is 0 Å². The minimum Gasteiger partial charge on any atom is -0.182 e. The average molecular weight is 158 g/mol. The molecule has 1 aliphatic rings. The van der Waals surface area contributed by atoms with Crippen molar-refractivity contribution in [3.05, 3.63) is 0 Å². The molecular formula is C7H14N2S. The standard InChI is InChI=1S/C7H14N2S/c1-4-7(6(2)3)9-8-5-10-7/h6H,4-5H2,1-3H3. The Kier molecular flexibility index (Phi) is 2.34. The topological polar surface area (TPSA) is 24.7 Å². The molecule has 58 valence electrons. The first kappa shape index (κ1) is 8.05. The summed E-state index contributed by atoms with van der Waals surface area (Å²) in [6.45, 7) is 6.60. The van der Waals surface area contributed by atoms with Gasteiger partial charge in [0.2, 0.25) is 0 Å². The molecular weight excluding hydrogens is 144 g/mol. The lowest BCUT2D eigenvalue weighted by molar-refractivity contribution is 0.430. The molecule has 1 atom stereocenters. The van der Waals surface area contributed by atoms with Crippen LogP contribution in [0, 0.1) is 5.92 Å². The number of azo groups is 1. The SMILES string of the molecule is CCC1(C(C)C)N=NCS1. The van der Waals surface area contributed by atoms with Crippen LogP contribution in [0.4, 0.5) is 0 Å². The third-order valence-electron chi connectivity index (χ3n) is 2.02. The molecule has 0 spiro atoms. The Morgan fingerprint density at radius 3 is 2.50 bits per heavy atom. The van der Waals surface area contributed by atoms with E-state index in [2.05, 4.69) is 31.0 Å². The monoisotopic (exact) mass is 158 g/mol. The Labute approximate surface area is 66.5 Å². The zero-order chi connectivity index (χ0) is 7.61. The minimum atomic E-state index is 0.111. The Bertz CT molecular complexity index is 145. The lowest BCUT2D eigenvalue weighted by Gasteiger charge is -2.25. The molecule has 0 fully saturated rings. The van der Waals surface area contributed by atoms with Crippen LogP contribution >= 0.6 is 11.8 Å². The van der Waals surface area contributed by atoms with Crippen LogP contribution in [0.15, 0.2) is 10.2 Å². The predicted octanol–water partition coefficient (Wildman–Crippen LogP) is 2.91. The van der Waals surface area contributed by atoms with E-state index in [1.54, 1.807) is 0 Å². The van der Waals surface area contributed by atoms with Crippen molar-refractivity contribution >= 4 is 11.8 Å². The summed E-state index contributed by atoms with van der Waals surface area (Å²) in [7, 11) is 0. The number of nitrogens with zero attached hydrogens (tertiary/aromatic N) is 2. The molecule has 0 N–H and O–H groups in total. The lowest BCUT2D eigenvalue weighted by Crippen LogP contribution is -2.25. The van der Waals surface area contributed by atoms with Gasteiger partial charge in [0.1, 0.15) is 10.7 Å². The molecule has 10 heavy (non-hydrogen) atoms. The van der Waals surface area contributed by atoms with E-state index in [0.29, 0.717) is 5.92 Å². The third kappa shape index (κ3) is 1.19. The molecule has 1 heterocycles. The molecule has 1 aliphatic heterocycles. The van der Waals surface area contributed by atoms with Gasteiger partial charge >= 0.3 is 0 Å². The van der Waals surface area contributed by atoms with E-state index >= 15 is 0 Å². The quantitative estimate of drug-likeness (QED) is 0.606. The van der Waals surface area contributed by atoms with Gasteiger partial charge in [0, 0.05) is 0 Å². The molecule has 0 aromatic heterocycles. The van der Waals surface area contributed by atoms with Gasteiger partial charge in [-0.05, 0) is 12.3 Å². The van der Waals surface area contributed by atoms with E-state index in [9.17, 15) is 0 Å². The molecule has 0 bridgehead atoms. The van der Waals surface area contributed by atoms with Crippen molar-refractivity contribution < 1.29 is 0 Å². The fourth-order valence-electron chi connectivity index (χ4n) is 1.18. The zero-order valence-corrected chi connectivity index (χ0v) is 7.61. The zero-order valence-electron chi connectivity index (χ0n) is 6.79. The Balaban J connectivity index is 2.68. The van der Waals surface area contributed by atoms with E-state index < -0.39 is 0 Å². The van der Waals surface area contributed by atoms with Crippen LogP contribution in [-0.2, 0) is 0 Å². The van der Waals surface area contributed by atoms with Gasteiger partial charge in [0.25, 0.3) is 0 Å². The first-order chi connectivity index (χ1) is 4.71. The van der Waals surface area contributed by atoms with Crippen molar-refractivity contribution in [3.63, 3.8) is 0 Å². The van der Waals surface area contributed by atoms with E-state index in [0.717, 1.165) is 12.3 Å². The van der Waals surface area contributed by atoms with E-state index in [1.807, 2.05) is 11.8 Å². The highest BCUT2D eigenvalue weighted by Gasteiger charge is 2.35. The summed E-state index contributed by atoms with van der Waals surface area (Å²) in [5.74, 6) is 1.46. The van der Waals surface area contributed by atoms with Gasteiger partial charge < -0.3 is 0 Å². The van der Waals surface area contributed by atoms with Gasteiger partial charge in [0.15, 0.2) is 0 Å². The maximum Gasteiger partial charge on any atom is 0.130 e. The Hall–Kier alpha value is -0.0500. The van der Waals surface area contributed by atoms with Gasteiger partial charge in [-0.3, -0.25) is 0 Å². The second-order valence-corrected chi connectivity index (χ2v) is 4.12. The smallest absolute Gasteiger partial charge is 0.130 e. The van der Waals surface area contributed by atoms with Gasteiger partial charge in [-0.1, -0.05) is 20.8 Å². The minimum absolute atomic E-state index is 0.111. The lowest BCUT2D eigenvalue weighted by atomic mass is 10.0. The summed E-state index contributed by atoms with van der Waals surface area (Å²) in [6, 6.07) is 0. The summed E-state index contributed by atoms with van der Waals surface area (Å²) >= 11 is 1.86. The molecule has 1 rings (SSSR count). The number of hydrogen-bond acceptors (Lipinski definition) is 3. The predicted molar refractivity (Wildman–Crippen MR) is 45.2 cm³/mol. The molecule has 0 aromatic rings. The van der Waals surface area contributed by atoms with Crippen LogP contribution in [0.5, 0.6) is 0 Å². The summed E-state index contributed by atoms with van der Waals surface area (Å²) in [5, 5.41) is 8.29. The highest BCUT2D eigenvalue weighted by atomic mass is 32.2. The number of rotatable bonds is 2. The van der Waals surface area contributed by atoms with Crippen LogP contribution in [0.3, 0.4) is 0 Å². The van der Waals surface area contributed by atoms with Crippen molar-refractivity contribution in [3.8, 4) is 0 Å². The normalized spacial score (nSPS) is 32.0. The first-order valence-electron chi connectivity index (χ1n) is 3.74. The van der Waals surface area contributed by atoms with Crippen molar-refractivity contribution in [2.45, 2.75) is 32.1 Å². The third-order valence-corrected chi connectivity index (χ3v) is 3.61. The fourth-order valence-corrected chi connectivity index (χ4v) is 2.17. The maximum absolute atomic E-state index is 4.27. The Morgan fingerprint density at radius 1 is 1.60 bits per heavy atom. The first-order valence-corrected chi connectivity index (χ1v) is 4.72. The molecule has 0 saturated heterocycles. The van der Waals surface area contributed by atoms with E-state index in [1.165, 1.54) is 0 Å². The average Bonchev–Trinajstić information content (AvgIpc) is 2.35. The summed E-state index contributed by atoms with van der Waals surface area (Å²) in [4.78, 5) is 0.111. The van der Waals surface area contributed by atoms with Crippen molar-refractivity contribution in [1.82, 2.24) is 0 Å². The molecule has 1 unspecified atom stereocenters. The van der Waals surface area contributed by atoms with Crippen molar-refractivity contribution in [2.24, 2.45) is 16.1 Å². The molecule has 2 nitrogen and oxygen atoms in total. The van der Waals surface area contributed by atoms with Crippen LogP contribution in [0.1, 0.15) is 27.2 Å². The van der Waals surface area contributed by atoms with Crippen LogP contribution in [0.25, 0.3) is 0 Å². The molecule has 0 aromatic carbocycles. The highest BCUT2D eigenvalue weighted by Crippen LogP contribution is 2.41. The Morgan fingerprint density at radius 2 is 2.30 bits per heavy atom. The molecule has 3 heteroatoms. The van der Waals surface area contributed by atoms with E-state index in [-0.39, 0.29) is 4.87 Å². The second kappa shape index (κ2) is 2.91. The summed E-state index contributed by atoms with van der Waals surface area (Å²) < 4.78 is 0. The maximum atomic E-state index is 4.27. The number of hydrogen-bond donors (Lipinski definition) is 0. The summed E-state index contributed by atoms with van der Waals surface area (Å²) in [6.07, 6.45) is 1.10. The summed E-state index contributed by atoms with van der Waals surface area (Å²) in [5.41, 5.74) is 0.